The molecule has 0 radical (unpaired) electrons. The predicted molar refractivity (Wildman–Crippen MR) is 130 cm³/mol. The van der Waals surface area contributed by atoms with E-state index in [9.17, 15) is 14.4 Å². The molecule has 1 saturated heterocycles. The molecule has 0 unspecified atom stereocenters. The van der Waals surface area contributed by atoms with Gasteiger partial charge in [-0.2, -0.15) is 0 Å². The fraction of sp³-hybridized carbons (Fsp3) is 0.522. The first-order valence-corrected chi connectivity index (χ1v) is 12.6. The molecule has 0 aliphatic carbocycles. The van der Waals surface area contributed by atoms with Crippen LogP contribution in [0.5, 0.6) is 0 Å². The van der Waals surface area contributed by atoms with Crippen LogP contribution in [0.4, 0.5) is 0 Å². The highest BCUT2D eigenvalue weighted by Crippen LogP contribution is 2.35. The number of methoxy groups -OCH3 is 1. The molecule has 1 aliphatic heterocycles. The molecule has 32 heavy (non-hydrogen) atoms. The average Bonchev–Trinajstić information content (AvgIpc) is 2.82. The normalized spacial score (nSPS) is 16.6. The van der Waals surface area contributed by atoms with Gasteiger partial charge in [0.2, 0.25) is 11.8 Å². The monoisotopic (exact) mass is 500 g/mol. The SMILES string of the molecule is CC[C@H](C)[C@H](NC(=O)C1CCN(C(=O)/C=C/c2ccc(SC)c(Cl)c2Cl)CC1)C(=O)OC. The number of esters is 1. The van der Waals surface area contributed by atoms with Crippen LogP contribution in [0.3, 0.4) is 0 Å². The van der Waals surface area contributed by atoms with Gasteiger partial charge in [0.1, 0.15) is 6.04 Å². The van der Waals surface area contributed by atoms with Crippen LogP contribution in [0.2, 0.25) is 10.0 Å². The minimum atomic E-state index is -0.658. The third-order valence-electron chi connectivity index (χ3n) is 5.85. The van der Waals surface area contributed by atoms with Gasteiger partial charge in [0.05, 0.1) is 17.2 Å². The van der Waals surface area contributed by atoms with Gasteiger partial charge in [0.15, 0.2) is 0 Å². The van der Waals surface area contributed by atoms with E-state index in [1.165, 1.54) is 24.9 Å². The van der Waals surface area contributed by atoms with E-state index in [1.807, 2.05) is 32.2 Å². The Morgan fingerprint density at radius 3 is 2.47 bits per heavy atom. The zero-order valence-corrected chi connectivity index (χ0v) is 21.1. The molecule has 9 heteroatoms. The Morgan fingerprint density at radius 1 is 1.25 bits per heavy atom. The Bertz CT molecular complexity index is 870. The van der Waals surface area contributed by atoms with Crippen LogP contribution >= 0.6 is 35.0 Å². The van der Waals surface area contributed by atoms with Crippen LogP contribution in [0.15, 0.2) is 23.1 Å². The van der Waals surface area contributed by atoms with Gasteiger partial charge in [-0.25, -0.2) is 4.79 Å². The minimum absolute atomic E-state index is 0.0245. The number of nitrogens with one attached hydrogen (secondary N) is 1. The molecule has 0 spiro atoms. The Kier molecular flexibility index (Phi) is 10.4. The molecule has 1 heterocycles. The summed E-state index contributed by atoms with van der Waals surface area (Å²) in [7, 11) is 1.32. The predicted octanol–water partition coefficient (Wildman–Crippen LogP) is 4.67. The van der Waals surface area contributed by atoms with Gasteiger partial charge in [-0.1, -0.05) is 49.5 Å². The number of piperidine rings is 1. The van der Waals surface area contributed by atoms with Crippen molar-refractivity contribution in [3.8, 4) is 0 Å². The number of carbonyl (C=O) groups excluding carboxylic acids is 3. The Hall–Kier alpha value is -1.70. The molecular formula is C23H30Cl2N2O4S. The molecule has 1 N–H and O–H groups in total. The quantitative estimate of drug-likeness (QED) is 0.318. The van der Waals surface area contributed by atoms with E-state index >= 15 is 0 Å². The zero-order chi connectivity index (χ0) is 23.8. The van der Waals surface area contributed by atoms with E-state index in [0.717, 1.165) is 11.3 Å². The molecule has 2 amide bonds. The highest BCUT2D eigenvalue weighted by molar-refractivity contribution is 7.98. The molecule has 1 aromatic carbocycles. The van der Waals surface area contributed by atoms with Gasteiger partial charge in [-0.15, -0.1) is 11.8 Å². The minimum Gasteiger partial charge on any atom is -0.467 e. The van der Waals surface area contributed by atoms with Gasteiger partial charge in [0, 0.05) is 30.0 Å². The number of likely N-dealkylation sites (tertiary alicyclic amines) is 1. The van der Waals surface area contributed by atoms with E-state index in [4.69, 9.17) is 27.9 Å². The van der Waals surface area contributed by atoms with Crippen molar-refractivity contribution in [2.75, 3.05) is 26.5 Å². The Labute approximate surface area is 204 Å². The molecule has 6 nitrogen and oxygen atoms in total. The first-order valence-electron chi connectivity index (χ1n) is 10.6. The largest absolute Gasteiger partial charge is 0.467 e. The van der Waals surface area contributed by atoms with Crippen molar-refractivity contribution in [3.63, 3.8) is 0 Å². The van der Waals surface area contributed by atoms with Gasteiger partial charge in [0.25, 0.3) is 0 Å². The molecule has 2 atom stereocenters. The van der Waals surface area contributed by atoms with E-state index < -0.39 is 12.0 Å². The number of benzene rings is 1. The lowest BCUT2D eigenvalue weighted by molar-refractivity contribution is -0.147. The van der Waals surface area contributed by atoms with E-state index in [0.29, 0.717) is 41.5 Å². The van der Waals surface area contributed by atoms with Crippen LogP contribution in [0.1, 0.15) is 38.7 Å². The number of rotatable bonds is 8. The number of hydrogen-bond donors (Lipinski definition) is 1. The van der Waals surface area contributed by atoms with E-state index in [1.54, 1.807) is 11.0 Å². The number of ether oxygens (including phenoxy) is 1. The summed E-state index contributed by atoms with van der Waals surface area (Å²) in [6.45, 7) is 4.80. The first-order chi connectivity index (χ1) is 15.2. The molecule has 0 saturated carbocycles. The topological polar surface area (TPSA) is 75.7 Å². The Balaban J connectivity index is 1.93. The molecule has 1 aliphatic rings. The van der Waals surface area contributed by atoms with Crippen molar-refractivity contribution in [2.45, 2.75) is 44.0 Å². The summed E-state index contributed by atoms with van der Waals surface area (Å²) in [5.41, 5.74) is 0.677. The number of amides is 2. The van der Waals surface area contributed by atoms with Crippen molar-refractivity contribution >= 4 is 58.8 Å². The van der Waals surface area contributed by atoms with Crippen molar-refractivity contribution < 1.29 is 19.1 Å². The average molecular weight is 501 g/mol. The lowest BCUT2D eigenvalue weighted by atomic mass is 9.93. The van der Waals surface area contributed by atoms with Gasteiger partial charge >= 0.3 is 5.97 Å². The second-order valence-electron chi connectivity index (χ2n) is 7.81. The van der Waals surface area contributed by atoms with Crippen LogP contribution in [-0.4, -0.2) is 55.2 Å². The van der Waals surface area contributed by atoms with Crippen molar-refractivity contribution in [3.05, 3.63) is 33.8 Å². The summed E-state index contributed by atoms with van der Waals surface area (Å²) in [6, 6.07) is 3.04. The maximum Gasteiger partial charge on any atom is 0.328 e. The summed E-state index contributed by atoms with van der Waals surface area (Å²) in [5.74, 6) is -1.01. The fourth-order valence-electron chi connectivity index (χ4n) is 3.53. The van der Waals surface area contributed by atoms with Crippen molar-refractivity contribution in [2.24, 2.45) is 11.8 Å². The molecule has 2 rings (SSSR count). The van der Waals surface area contributed by atoms with Crippen molar-refractivity contribution in [1.29, 1.82) is 0 Å². The van der Waals surface area contributed by atoms with Gasteiger partial charge in [-0.05, 0) is 42.7 Å². The zero-order valence-electron chi connectivity index (χ0n) is 18.8. The molecule has 1 aromatic rings. The standard InChI is InChI=1S/C23H30Cl2N2O4S/c1-5-14(2)21(23(30)31-3)26-22(29)16-10-12-27(13-11-16)18(28)9-7-15-6-8-17(32-4)20(25)19(15)24/h6-9,14,16,21H,5,10-13H2,1-4H3,(H,26,29)/b9-7+/t14-,21-/m0/s1. The summed E-state index contributed by atoms with van der Waals surface area (Å²) in [5, 5.41) is 3.73. The maximum atomic E-state index is 12.7. The highest BCUT2D eigenvalue weighted by atomic mass is 35.5. The molecular weight excluding hydrogens is 471 g/mol. The number of nitrogens with zero attached hydrogens (tertiary/aromatic N) is 1. The summed E-state index contributed by atoms with van der Waals surface area (Å²) in [4.78, 5) is 39.9. The second kappa shape index (κ2) is 12.5. The summed E-state index contributed by atoms with van der Waals surface area (Å²) >= 11 is 14.1. The molecule has 0 aromatic heterocycles. The molecule has 1 fully saturated rings. The van der Waals surface area contributed by atoms with E-state index in [2.05, 4.69) is 5.32 Å². The number of hydrogen-bond acceptors (Lipinski definition) is 5. The Morgan fingerprint density at radius 2 is 1.91 bits per heavy atom. The summed E-state index contributed by atoms with van der Waals surface area (Å²) < 4.78 is 4.83. The fourth-order valence-corrected chi connectivity index (χ4v) is 4.70. The third-order valence-corrected chi connectivity index (χ3v) is 7.63. The van der Waals surface area contributed by atoms with Gasteiger partial charge in [-0.3, -0.25) is 9.59 Å². The lowest BCUT2D eigenvalue weighted by Gasteiger charge is -2.32. The van der Waals surface area contributed by atoms with Crippen LogP contribution in [0.25, 0.3) is 6.08 Å². The summed E-state index contributed by atoms with van der Waals surface area (Å²) in [6.07, 6.45) is 6.87. The third kappa shape index (κ3) is 6.65. The number of halogens is 2. The van der Waals surface area contributed by atoms with E-state index in [-0.39, 0.29) is 23.7 Å². The molecule has 0 bridgehead atoms. The number of carbonyl (C=O) groups is 3. The molecule has 176 valence electrons. The number of thioether (sulfide) groups is 1. The van der Waals surface area contributed by atoms with Gasteiger partial charge < -0.3 is 15.0 Å². The van der Waals surface area contributed by atoms with Crippen LogP contribution in [-0.2, 0) is 19.1 Å². The van der Waals surface area contributed by atoms with Crippen LogP contribution in [0, 0.1) is 11.8 Å². The highest BCUT2D eigenvalue weighted by Gasteiger charge is 2.32. The lowest BCUT2D eigenvalue weighted by Crippen LogP contribution is -2.50. The first kappa shape index (κ1) is 26.6. The smallest absolute Gasteiger partial charge is 0.328 e. The van der Waals surface area contributed by atoms with Crippen molar-refractivity contribution in [1.82, 2.24) is 10.2 Å². The maximum absolute atomic E-state index is 12.7. The van der Waals surface area contributed by atoms with Crippen LogP contribution < -0.4 is 5.32 Å². The second-order valence-corrected chi connectivity index (χ2v) is 9.42.